The van der Waals surface area contributed by atoms with E-state index in [0.717, 1.165) is 0 Å². The monoisotopic (exact) mass is 179 g/mol. The van der Waals surface area contributed by atoms with E-state index in [1.807, 2.05) is 0 Å². The third kappa shape index (κ3) is 2.05. The van der Waals surface area contributed by atoms with Gasteiger partial charge < -0.3 is 9.84 Å². The second-order valence-electron chi connectivity index (χ2n) is 2.35. The van der Waals surface area contributed by atoms with Gasteiger partial charge in [0.2, 0.25) is 5.88 Å². The Kier molecular flexibility index (Phi) is 2.64. The van der Waals surface area contributed by atoms with Crippen molar-refractivity contribution < 1.29 is 14.6 Å². The molecule has 1 N–H and O–H groups in total. The lowest BCUT2D eigenvalue weighted by molar-refractivity contribution is -0.130. The van der Waals surface area contributed by atoms with E-state index in [4.69, 9.17) is 9.84 Å². The van der Waals surface area contributed by atoms with Crippen LogP contribution in [0.4, 0.5) is 0 Å². The quantitative estimate of drug-likeness (QED) is 0.708. The van der Waals surface area contributed by atoms with Crippen molar-refractivity contribution in [3.05, 3.63) is 30.5 Å². The number of aliphatic carboxylic acids is 1. The SMILES string of the molecule is C=C(C(=O)O)c1cccc(OC)n1. The fourth-order valence-electron chi connectivity index (χ4n) is 0.806. The fraction of sp³-hybridized carbons (Fsp3) is 0.111. The lowest BCUT2D eigenvalue weighted by Crippen LogP contribution is -2.00. The van der Waals surface area contributed by atoms with E-state index in [1.54, 1.807) is 18.2 Å². The molecular formula is C9H9NO3. The number of ether oxygens (including phenoxy) is 1. The highest BCUT2D eigenvalue weighted by atomic mass is 16.5. The molecule has 0 spiro atoms. The first-order chi connectivity index (χ1) is 6.15. The van der Waals surface area contributed by atoms with Crippen LogP contribution in [-0.4, -0.2) is 23.2 Å². The first-order valence-electron chi connectivity index (χ1n) is 3.58. The number of hydrogen-bond donors (Lipinski definition) is 1. The predicted molar refractivity (Wildman–Crippen MR) is 47.5 cm³/mol. The lowest BCUT2D eigenvalue weighted by atomic mass is 10.2. The average molecular weight is 179 g/mol. The van der Waals surface area contributed by atoms with E-state index in [0.29, 0.717) is 11.6 Å². The summed E-state index contributed by atoms with van der Waals surface area (Å²) in [5.41, 5.74) is 0.269. The van der Waals surface area contributed by atoms with Crippen LogP contribution < -0.4 is 4.74 Å². The summed E-state index contributed by atoms with van der Waals surface area (Å²) in [4.78, 5) is 14.4. The summed E-state index contributed by atoms with van der Waals surface area (Å²) in [6, 6.07) is 4.87. The van der Waals surface area contributed by atoms with Crippen LogP contribution in [0.15, 0.2) is 24.8 Å². The molecule has 68 valence electrons. The summed E-state index contributed by atoms with van der Waals surface area (Å²) in [5, 5.41) is 8.62. The molecule has 0 aromatic carbocycles. The second kappa shape index (κ2) is 3.71. The maximum absolute atomic E-state index is 10.5. The Morgan fingerprint density at radius 3 is 2.85 bits per heavy atom. The maximum Gasteiger partial charge on any atom is 0.337 e. The second-order valence-corrected chi connectivity index (χ2v) is 2.35. The van der Waals surface area contributed by atoms with Gasteiger partial charge in [0, 0.05) is 6.07 Å². The number of methoxy groups -OCH3 is 1. The van der Waals surface area contributed by atoms with E-state index in [1.165, 1.54) is 7.11 Å². The molecule has 0 aliphatic heterocycles. The van der Waals surface area contributed by atoms with Gasteiger partial charge in [0.1, 0.15) is 0 Å². The standard InChI is InChI=1S/C9H9NO3/c1-6(9(11)12)7-4-3-5-8(10-7)13-2/h3-5H,1H2,2H3,(H,11,12). The van der Waals surface area contributed by atoms with E-state index < -0.39 is 5.97 Å². The number of nitrogens with zero attached hydrogens (tertiary/aromatic N) is 1. The number of aromatic nitrogens is 1. The minimum atomic E-state index is -1.08. The number of pyridine rings is 1. The van der Waals surface area contributed by atoms with Crippen molar-refractivity contribution >= 4 is 11.5 Å². The normalized spacial score (nSPS) is 9.31. The fourth-order valence-corrected chi connectivity index (χ4v) is 0.806. The molecule has 1 aromatic rings. The van der Waals surface area contributed by atoms with Gasteiger partial charge in [0.05, 0.1) is 18.4 Å². The first-order valence-corrected chi connectivity index (χ1v) is 3.58. The van der Waals surface area contributed by atoms with Crippen LogP contribution >= 0.6 is 0 Å². The average Bonchev–Trinajstić information content (AvgIpc) is 2.16. The van der Waals surface area contributed by atoms with Crippen LogP contribution in [0.1, 0.15) is 5.69 Å². The number of rotatable bonds is 3. The molecule has 0 saturated carbocycles. The summed E-state index contributed by atoms with van der Waals surface area (Å²) in [5.74, 6) is -0.708. The Labute approximate surface area is 75.5 Å². The van der Waals surface area contributed by atoms with Gasteiger partial charge >= 0.3 is 5.97 Å². The number of carboxylic acids is 1. The zero-order valence-corrected chi connectivity index (χ0v) is 7.15. The highest BCUT2D eigenvalue weighted by Gasteiger charge is 2.08. The predicted octanol–water partition coefficient (Wildman–Crippen LogP) is 1.19. The van der Waals surface area contributed by atoms with Gasteiger partial charge in [-0.15, -0.1) is 0 Å². The molecule has 0 atom stereocenters. The molecular weight excluding hydrogens is 170 g/mol. The van der Waals surface area contributed by atoms with Gasteiger partial charge in [-0.25, -0.2) is 9.78 Å². The molecule has 0 bridgehead atoms. The van der Waals surface area contributed by atoms with Crippen molar-refractivity contribution in [2.45, 2.75) is 0 Å². The third-order valence-electron chi connectivity index (χ3n) is 1.50. The van der Waals surface area contributed by atoms with Crippen LogP contribution in [-0.2, 0) is 4.79 Å². The van der Waals surface area contributed by atoms with Crippen molar-refractivity contribution in [3.63, 3.8) is 0 Å². The minimum Gasteiger partial charge on any atom is -0.481 e. The topological polar surface area (TPSA) is 59.4 Å². The lowest BCUT2D eigenvalue weighted by Gasteiger charge is -2.01. The smallest absolute Gasteiger partial charge is 0.337 e. The van der Waals surface area contributed by atoms with Crippen molar-refractivity contribution in [2.75, 3.05) is 7.11 Å². The molecule has 0 aliphatic rings. The van der Waals surface area contributed by atoms with Crippen molar-refractivity contribution in [3.8, 4) is 5.88 Å². The number of hydrogen-bond acceptors (Lipinski definition) is 3. The number of carbonyl (C=O) groups is 1. The molecule has 0 saturated heterocycles. The Morgan fingerprint density at radius 1 is 1.62 bits per heavy atom. The summed E-state index contributed by atoms with van der Waals surface area (Å²) in [6.07, 6.45) is 0. The molecule has 4 heteroatoms. The molecule has 1 heterocycles. The highest BCUT2D eigenvalue weighted by Crippen LogP contribution is 2.13. The zero-order chi connectivity index (χ0) is 9.84. The molecule has 13 heavy (non-hydrogen) atoms. The highest BCUT2D eigenvalue weighted by molar-refractivity contribution is 6.13. The van der Waals surface area contributed by atoms with Gasteiger partial charge in [0.15, 0.2) is 0 Å². The summed E-state index contributed by atoms with van der Waals surface area (Å²) >= 11 is 0. The first kappa shape index (κ1) is 9.25. The molecule has 1 rings (SSSR count). The van der Waals surface area contributed by atoms with Crippen LogP contribution in [0, 0.1) is 0 Å². The van der Waals surface area contributed by atoms with Gasteiger partial charge in [-0.05, 0) is 6.07 Å². The Hall–Kier alpha value is -1.84. The van der Waals surface area contributed by atoms with Crippen LogP contribution in [0.5, 0.6) is 5.88 Å². The van der Waals surface area contributed by atoms with Crippen LogP contribution in [0.3, 0.4) is 0 Å². The largest absolute Gasteiger partial charge is 0.481 e. The molecule has 0 fully saturated rings. The van der Waals surface area contributed by atoms with Crippen LogP contribution in [0.25, 0.3) is 5.57 Å². The van der Waals surface area contributed by atoms with E-state index in [9.17, 15) is 4.79 Å². The summed E-state index contributed by atoms with van der Waals surface area (Å²) < 4.78 is 4.84. The molecule has 0 aliphatic carbocycles. The Bertz CT molecular complexity index is 346. The van der Waals surface area contributed by atoms with Gasteiger partial charge in [-0.1, -0.05) is 12.6 Å². The number of carboxylic acid groups (broad SMARTS) is 1. The molecule has 4 nitrogen and oxygen atoms in total. The molecule has 0 radical (unpaired) electrons. The molecule has 1 aromatic heterocycles. The zero-order valence-electron chi connectivity index (χ0n) is 7.15. The third-order valence-corrected chi connectivity index (χ3v) is 1.50. The Balaban J connectivity index is 3.02. The van der Waals surface area contributed by atoms with Gasteiger partial charge in [-0.3, -0.25) is 0 Å². The van der Waals surface area contributed by atoms with Gasteiger partial charge in [-0.2, -0.15) is 0 Å². The molecule has 0 amide bonds. The van der Waals surface area contributed by atoms with Crippen molar-refractivity contribution in [1.82, 2.24) is 4.98 Å². The summed E-state index contributed by atoms with van der Waals surface area (Å²) in [6.45, 7) is 3.38. The maximum atomic E-state index is 10.5. The van der Waals surface area contributed by atoms with Crippen molar-refractivity contribution in [1.29, 1.82) is 0 Å². The summed E-state index contributed by atoms with van der Waals surface area (Å²) in [7, 11) is 1.47. The van der Waals surface area contributed by atoms with Crippen LogP contribution in [0.2, 0.25) is 0 Å². The van der Waals surface area contributed by atoms with Crippen molar-refractivity contribution in [2.24, 2.45) is 0 Å². The Morgan fingerprint density at radius 2 is 2.31 bits per heavy atom. The molecule has 0 unspecified atom stereocenters. The van der Waals surface area contributed by atoms with E-state index in [2.05, 4.69) is 11.6 Å². The minimum absolute atomic E-state index is 0.0427. The van der Waals surface area contributed by atoms with E-state index in [-0.39, 0.29) is 5.57 Å². The van der Waals surface area contributed by atoms with E-state index >= 15 is 0 Å². The van der Waals surface area contributed by atoms with Gasteiger partial charge in [0.25, 0.3) is 0 Å².